The number of morpholine rings is 2. The first kappa shape index (κ1) is 43.0. The van der Waals surface area contributed by atoms with Gasteiger partial charge in [0.15, 0.2) is 0 Å². The first-order chi connectivity index (χ1) is 27.1. The molecule has 6 atom stereocenters. The van der Waals surface area contributed by atoms with Crippen molar-refractivity contribution < 1.29 is 19.1 Å². The fourth-order valence-corrected chi connectivity index (χ4v) is 8.34. The normalized spacial score (nSPS) is 24.6. The minimum absolute atomic E-state index is 0. The van der Waals surface area contributed by atoms with Crippen LogP contribution in [0.5, 0.6) is 0 Å². The maximum Gasteiger partial charge on any atom is 0.252 e. The van der Waals surface area contributed by atoms with Crippen molar-refractivity contribution in [2.45, 2.75) is 82.5 Å². The molecule has 4 fully saturated rings. The molecule has 4 aliphatic rings. The third-order valence-electron chi connectivity index (χ3n) is 10.8. The van der Waals surface area contributed by atoms with E-state index in [1.54, 1.807) is 12.2 Å². The van der Waals surface area contributed by atoms with E-state index in [-0.39, 0.29) is 43.5 Å². The van der Waals surface area contributed by atoms with Crippen molar-refractivity contribution in [2.75, 3.05) is 13.1 Å². The Bertz CT molecular complexity index is 1870. The molecule has 2 aliphatic carbocycles. The van der Waals surface area contributed by atoms with Gasteiger partial charge in [-0.2, -0.15) is 0 Å². The topological polar surface area (TPSA) is 59.1 Å². The number of nitrogens with zero attached hydrogens (tertiary/aromatic N) is 2. The van der Waals surface area contributed by atoms with Gasteiger partial charge in [0.25, 0.3) is 11.8 Å². The lowest BCUT2D eigenvalue weighted by molar-refractivity contribution is -0.174. The van der Waals surface area contributed by atoms with Crippen LogP contribution in [0.1, 0.15) is 92.5 Å². The molecule has 8 rings (SSSR count). The second-order valence-electron chi connectivity index (χ2n) is 15.1. The first-order valence-electron chi connectivity index (χ1n) is 19.3. The number of carbonyl (C=O) groups excluding carboxylic acids is 2. The number of benzene rings is 4. The Morgan fingerprint density at radius 1 is 0.544 bits per heavy atom. The Morgan fingerprint density at radius 3 is 1.23 bits per heavy atom. The highest BCUT2D eigenvalue weighted by molar-refractivity contribution is 6.31. The van der Waals surface area contributed by atoms with E-state index >= 15 is 0 Å². The summed E-state index contributed by atoms with van der Waals surface area (Å²) in [4.78, 5) is 30.6. The molecule has 2 saturated heterocycles. The molecule has 10 heteroatoms. The summed E-state index contributed by atoms with van der Waals surface area (Å²) in [6.45, 7) is 9.10. The van der Waals surface area contributed by atoms with Crippen LogP contribution in [0, 0.1) is 11.8 Å². The lowest BCUT2D eigenvalue weighted by Crippen LogP contribution is -2.51. The lowest BCUT2D eigenvalue weighted by Gasteiger charge is -2.45. The van der Waals surface area contributed by atoms with E-state index in [0.717, 1.165) is 35.3 Å². The van der Waals surface area contributed by atoms with Gasteiger partial charge < -0.3 is 19.3 Å². The Kier molecular flexibility index (Phi) is 14.6. The summed E-state index contributed by atoms with van der Waals surface area (Å²) < 4.78 is 12.7. The second-order valence-corrected chi connectivity index (χ2v) is 16.9. The molecule has 57 heavy (non-hydrogen) atoms. The van der Waals surface area contributed by atoms with Gasteiger partial charge in [0.2, 0.25) is 0 Å². The van der Waals surface area contributed by atoms with E-state index in [4.69, 9.17) is 55.9 Å². The lowest BCUT2D eigenvalue weighted by atomic mass is 9.91. The highest BCUT2D eigenvalue weighted by Gasteiger charge is 2.46. The van der Waals surface area contributed by atoms with Crippen LogP contribution >= 0.6 is 46.4 Å². The Hall–Kier alpha value is -3.62. The van der Waals surface area contributed by atoms with Crippen molar-refractivity contribution >= 4 is 58.2 Å². The number of carbonyl (C=O) groups is 2. The predicted octanol–water partition coefficient (Wildman–Crippen LogP) is 12.6. The van der Waals surface area contributed by atoms with E-state index < -0.39 is 12.2 Å². The van der Waals surface area contributed by atoms with Gasteiger partial charge in [0.05, 0.1) is 12.1 Å². The van der Waals surface area contributed by atoms with Gasteiger partial charge >= 0.3 is 0 Å². The Balaban J connectivity index is 0.000000189. The highest BCUT2D eigenvalue weighted by Crippen LogP contribution is 2.47. The number of rotatable bonds is 12. The largest absolute Gasteiger partial charge is 0.358 e. The van der Waals surface area contributed by atoms with E-state index in [2.05, 4.69) is 13.2 Å². The minimum atomic E-state index is -0.524. The molecule has 0 bridgehead atoms. The molecule has 0 radical (unpaired) electrons. The van der Waals surface area contributed by atoms with Crippen LogP contribution in [0.2, 0.25) is 20.1 Å². The first-order valence-corrected chi connectivity index (χ1v) is 20.8. The number of amides is 2. The molecule has 0 unspecified atom stereocenters. The SMILES string of the molecule is C.C=CC[C@@H]1O[C@@H](c2cccc(Cl)c2)[C@@H](c2ccc(Cl)cc2)N(CC2CC2)C1=O.C=CC[C@H]1O[C@H](c2cccc(Cl)c2)[C@H](c2ccc(Cl)cc2)N(CC2CC2)C1=O. The molecule has 300 valence electrons. The van der Waals surface area contributed by atoms with Crippen LogP contribution in [0.4, 0.5) is 0 Å². The van der Waals surface area contributed by atoms with Crippen LogP contribution in [0.25, 0.3) is 0 Å². The number of hydrogen-bond donors (Lipinski definition) is 0. The maximum absolute atomic E-state index is 13.3. The molecule has 2 heterocycles. The summed E-state index contributed by atoms with van der Waals surface area (Å²) in [6, 6.07) is 30.3. The molecule has 0 aromatic heterocycles. The van der Waals surface area contributed by atoms with Crippen molar-refractivity contribution in [3.8, 4) is 0 Å². The molecule has 4 aromatic rings. The Labute approximate surface area is 357 Å². The number of halogens is 4. The predicted molar refractivity (Wildman–Crippen MR) is 232 cm³/mol. The number of hydrogen-bond acceptors (Lipinski definition) is 4. The molecule has 4 aromatic carbocycles. The zero-order chi connectivity index (χ0) is 39.3. The van der Waals surface area contributed by atoms with Gasteiger partial charge in [-0.25, -0.2) is 0 Å². The van der Waals surface area contributed by atoms with Crippen molar-refractivity contribution in [3.05, 3.63) is 165 Å². The van der Waals surface area contributed by atoms with Crippen molar-refractivity contribution in [1.29, 1.82) is 0 Å². The monoisotopic (exact) mass is 846 g/mol. The second kappa shape index (κ2) is 19.4. The van der Waals surface area contributed by atoms with Crippen LogP contribution in [0.3, 0.4) is 0 Å². The van der Waals surface area contributed by atoms with E-state index in [1.807, 2.05) is 107 Å². The average Bonchev–Trinajstić information content (AvgIpc) is 4.14. The fraction of sp³-hybridized carbons (Fsp3) is 0.362. The molecule has 0 N–H and O–H groups in total. The third-order valence-corrected chi connectivity index (χ3v) is 11.8. The summed E-state index contributed by atoms with van der Waals surface area (Å²) in [7, 11) is 0. The van der Waals surface area contributed by atoms with E-state index in [1.165, 1.54) is 25.7 Å². The van der Waals surface area contributed by atoms with Crippen LogP contribution in [-0.4, -0.2) is 46.9 Å². The van der Waals surface area contributed by atoms with Gasteiger partial charge in [-0.05, 0) is 108 Å². The van der Waals surface area contributed by atoms with Crippen molar-refractivity contribution in [3.63, 3.8) is 0 Å². The number of ether oxygens (including phenoxy) is 2. The van der Waals surface area contributed by atoms with Crippen molar-refractivity contribution in [2.24, 2.45) is 11.8 Å². The Morgan fingerprint density at radius 2 is 0.912 bits per heavy atom. The minimum Gasteiger partial charge on any atom is -0.358 e. The zero-order valence-corrected chi connectivity index (χ0v) is 34.1. The average molecular weight is 849 g/mol. The standard InChI is InChI=1S/2C23H23Cl2NO2.CH4/c2*1-2-4-20-23(27)26(14-15-7-8-15)21(16-9-11-18(24)12-10-16)22(28-20)17-5-3-6-19(25)13-17;/h2*2-3,5-6,9-13,15,20-22H,1,4,7-8,14H2;1H4/t2*20-,21+,22-;/m10./s1. The van der Waals surface area contributed by atoms with E-state index in [0.29, 0.717) is 44.8 Å². The molecule has 2 aliphatic heterocycles. The van der Waals surface area contributed by atoms with Crippen LogP contribution < -0.4 is 0 Å². The summed E-state index contributed by atoms with van der Waals surface area (Å²) in [6.07, 6.45) is 7.50. The summed E-state index contributed by atoms with van der Waals surface area (Å²) in [5, 5.41) is 2.65. The summed E-state index contributed by atoms with van der Waals surface area (Å²) >= 11 is 24.7. The van der Waals surface area contributed by atoms with E-state index in [9.17, 15) is 9.59 Å². The molecule has 6 nitrogen and oxygen atoms in total. The van der Waals surface area contributed by atoms with Crippen LogP contribution in [-0.2, 0) is 19.1 Å². The molecule has 2 amide bonds. The zero-order valence-electron chi connectivity index (χ0n) is 31.1. The highest BCUT2D eigenvalue weighted by atomic mass is 35.5. The summed E-state index contributed by atoms with van der Waals surface area (Å²) in [5.74, 6) is 1.21. The summed E-state index contributed by atoms with van der Waals surface area (Å²) in [5.41, 5.74) is 3.96. The molecular formula is C47H50Cl4N2O4. The van der Waals surface area contributed by atoms with Gasteiger partial charge in [-0.3, -0.25) is 9.59 Å². The van der Waals surface area contributed by atoms with Gasteiger partial charge in [-0.15, -0.1) is 13.2 Å². The van der Waals surface area contributed by atoms with Gasteiger partial charge in [0.1, 0.15) is 24.4 Å². The fourth-order valence-electron chi connectivity index (χ4n) is 7.69. The molecular weight excluding hydrogens is 798 g/mol. The van der Waals surface area contributed by atoms with Crippen LogP contribution in [0.15, 0.2) is 122 Å². The maximum atomic E-state index is 13.3. The molecule has 2 saturated carbocycles. The molecule has 0 spiro atoms. The third kappa shape index (κ3) is 10.5. The van der Waals surface area contributed by atoms with Gasteiger partial charge in [0, 0.05) is 46.0 Å². The smallest absolute Gasteiger partial charge is 0.252 e. The van der Waals surface area contributed by atoms with Gasteiger partial charge in [-0.1, -0.05) is 115 Å². The quantitative estimate of drug-likeness (QED) is 0.133. The van der Waals surface area contributed by atoms with Crippen molar-refractivity contribution in [1.82, 2.24) is 9.80 Å².